The molecule has 4 aromatic rings. The first-order chi connectivity index (χ1) is 18.6. The number of anilines is 2. The van der Waals surface area contributed by atoms with Gasteiger partial charge in [0.15, 0.2) is 11.6 Å². The SMILES string of the molecule is C=C(F)C(=O)Nc1ccc(-c2nn3ncnc(N)c3c2-c2ccc(C(=O)NC3CC(F)(F)C3)c(OC)c2)cc1. The van der Waals surface area contributed by atoms with E-state index in [0.717, 1.165) is 0 Å². The number of fused-ring (bicyclic) bond motifs is 1. The molecule has 1 aliphatic rings. The highest BCUT2D eigenvalue weighted by molar-refractivity contribution is 6.02. The van der Waals surface area contributed by atoms with Gasteiger partial charge in [-0.25, -0.2) is 18.2 Å². The molecular formula is C26H22F3N7O3. The van der Waals surface area contributed by atoms with Gasteiger partial charge in [-0.1, -0.05) is 24.8 Å². The quantitative estimate of drug-likeness (QED) is 0.303. The molecule has 5 rings (SSSR count). The standard InChI is InChI=1S/C26H22F3N7O3/c1-13(27)24(37)33-16-6-3-14(4-7-16)21-20(22-23(30)31-12-32-36(22)35-21)15-5-8-18(19(9-15)39-2)25(38)34-17-10-26(28,29)11-17/h3-9,12,17H,1,10-11H2,2H3,(H,33,37)(H,34,38)(H2,30,31,32). The Bertz CT molecular complexity index is 1610. The van der Waals surface area contributed by atoms with E-state index in [1.165, 1.54) is 24.1 Å². The lowest BCUT2D eigenvalue weighted by Crippen LogP contribution is -2.50. The Kier molecular flexibility index (Phi) is 6.42. The van der Waals surface area contributed by atoms with Crippen molar-refractivity contribution in [2.24, 2.45) is 0 Å². The zero-order chi connectivity index (χ0) is 27.9. The predicted octanol–water partition coefficient (Wildman–Crippen LogP) is 4.00. The maximum absolute atomic E-state index is 13.2. The Labute approximate surface area is 219 Å². The van der Waals surface area contributed by atoms with Gasteiger partial charge in [0.05, 0.1) is 12.7 Å². The zero-order valence-electron chi connectivity index (χ0n) is 20.5. The van der Waals surface area contributed by atoms with E-state index in [4.69, 9.17) is 10.5 Å². The topological polar surface area (TPSA) is 137 Å². The van der Waals surface area contributed by atoms with Gasteiger partial charge in [0.1, 0.15) is 23.3 Å². The van der Waals surface area contributed by atoms with E-state index in [0.29, 0.717) is 33.6 Å². The summed E-state index contributed by atoms with van der Waals surface area (Å²) in [6.07, 6.45) is 0.438. The van der Waals surface area contributed by atoms with Gasteiger partial charge in [0, 0.05) is 35.7 Å². The highest BCUT2D eigenvalue weighted by Crippen LogP contribution is 2.40. The molecule has 0 spiro atoms. The molecule has 39 heavy (non-hydrogen) atoms. The van der Waals surface area contributed by atoms with E-state index in [1.54, 1.807) is 36.4 Å². The van der Waals surface area contributed by atoms with E-state index in [2.05, 4.69) is 32.4 Å². The second-order valence-electron chi connectivity index (χ2n) is 8.99. The van der Waals surface area contributed by atoms with Crippen molar-refractivity contribution < 1.29 is 27.5 Å². The summed E-state index contributed by atoms with van der Waals surface area (Å²) in [5.41, 5.74) is 9.25. The minimum absolute atomic E-state index is 0.149. The van der Waals surface area contributed by atoms with Crippen molar-refractivity contribution in [1.82, 2.24) is 25.1 Å². The van der Waals surface area contributed by atoms with Crippen LogP contribution in [0.25, 0.3) is 27.9 Å². The number of nitrogens with one attached hydrogen (secondary N) is 2. The zero-order valence-corrected chi connectivity index (χ0v) is 20.5. The molecule has 1 saturated carbocycles. The van der Waals surface area contributed by atoms with Crippen molar-refractivity contribution >= 4 is 28.8 Å². The smallest absolute Gasteiger partial charge is 0.283 e. The number of benzene rings is 2. The molecular weight excluding hydrogens is 515 g/mol. The molecule has 0 saturated heterocycles. The summed E-state index contributed by atoms with van der Waals surface area (Å²) in [5, 5.41) is 13.7. The number of carbonyl (C=O) groups excluding carboxylic acids is 2. The van der Waals surface area contributed by atoms with Gasteiger partial charge in [0.2, 0.25) is 0 Å². The summed E-state index contributed by atoms with van der Waals surface area (Å²) in [6.45, 7) is 2.97. The maximum Gasteiger partial charge on any atom is 0.283 e. The van der Waals surface area contributed by atoms with Crippen LogP contribution in [0.5, 0.6) is 5.75 Å². The van der Waals surface area contributed by atoms with Crippen LogP contribution in [0.1, 0.15) is 23.2 Å². The van der Waals surface area contributed by atoms with Crippen molar-refractivity contribution in [2.75, 3.05) is 18.2 Å². The van der Waals surface area contributed by atoms with Crippen LogP contribution < -0.4 is 21.1 Å². The summed E-state index contributed by atoms with van der Waals surface area (Å²) in [6, 6.07) is 10.6. The first-order valence-electron chi connectivity index (χ1n) is 11.7. The average Bonchev–Trinajstić information content (AvgIpc) is 3.28. The summed E-state index contributed by atoms with van der Waals surface area (Å²) in [7, 11) is 1.39. The molecule has 0 aliphatic heterocycles. The number of rotatable bonds is 7. The molecule has 1 aliphatic carbocycles. The van der Waals surface area contributed by atoms with Crippen molar-refractivity contribution in [3.8, 4) is 28.1 Å². The monoisotopic (exact) mass is 537 g/mol. The Morgan fingerprint density at radius 2 is 1.85 bits per heavy atom. The van der Waals surface area contributed by atoms with E-state index >= 15 is 0 Å². The fraction of sp³-hybridized carbons (Fsp3) is 0.192. The summed E-state index contributed by atoms with van der Waals surface area (Å²) in [4.78, 5) is 28.5. The Morgan fingerprint density at radius 1 is 1.15 bits per heavy atom. The van der Waals surface area contributed by atoms with Crippen molar-refractivity contribution in [3.05, 3.63) is 66.8 Å². The number of methoxy groups -OCH3 is 1. The number of alkyl halides is 2. The maximum atomic E-state index is 13.2. The lowest BCUT2D eigenvalue weighted by molar-refractivity contribution is -0.114. The minimum Gasteiger partial charge on any atom is -0.496 e. The van der Waals surface area contributed by atoms with Crippen LogP contribution in [0.3, 0.4) is 0 Å². The second kappa shape index (κ2) is 9.74. The molecule has 10 nitrogen and oxygen atoms in total. The van der Waals surface area contributed by atoms with Crippen LogP contribution >= 0.6 is 0 Å². The van der Waals surface area contributed by atoms with E-state index in [9.17, 15) is 22.8 Å². The van der Waals surface area contributed by atoms with Crippen LogP contribution in [-0.4, -0.2) is 50.7 Å². The number of nitrogens with two attached hydrogens (primary N) is 1. The molecule has 0 radical (unpaired) electrons. The number of hydrogen-bond donors (Lipinski definition) is 3. The Balaban J connectivity index is 1.54. The molecule has 0 atom stereocenters. The minimum atomic E-state index is -2.76. The summed E-state index contributed by atoms with van der Waals surface area (Å²) < 4.78 is 46.3. The number of nitrogen functional groups attached to an aromatic ring is 1. The van der Waals surface area contributed by atoms with Crippen molar-refractivity contribution in [1.29, 1.82) is 0 Å². The van der Waals surface area contributed by atoms with Crippen molar-refractivity contribution in [2.45, 2.75) is 24.8 Å². The molecule has 2 aromatic carbocycles. The van der Waals surface area contributed by atoms with E-state index in [1.807, 2.05) is 0 Å². The first kappa shape index (κ1) is 25.7. The second-order valence-corrected chi connectivity index (χ2v) is 8.99. The van der Waals surface area contributed by atoms with Gasteiger partial charge < -0.3 is 21.1 Å². The number of hydrogen-bond acceptors (Lipinski definition) is 7. The number of nitrogens with zero attached hydrogens (tertiary/aromatic N) is 4. The highest BCUT2D eigenvalue weighted by atomic mass is 19.3. The molecule has 0 bridgehead atoms. The van der Waals surface area contributed by atoms with Gasteiger partial charge >= 0.3 is 0 Å². The fourth-order valence-corrected chi connectivity index (χ4v) is 4.37. The van der Waals surface area contributed by atoms with Crippen LogP contribution in [0.15, 0.2) is 61.2 Å². The van der Waals surface area contributed by atoms with Gasteiger partial charge in [-0.05, 0) is 29.8 Å². The third-order valence-corrected chi connectivity index (χ3v) is 6.29. The number of ether oxygens (including phenoxy) is 1. The van der Waals surface area contributed by atoms with Gasteiger partial charge in [-0.3, -0.25) is 9.59 Å². The molecule has 2 heterocycles. The van der Waals surface area contributed by atoms with Crippen LogP contribution in [-0.2, 0) is 4.79 Å². The predicted molar refractivity (Wildman–Crippen MR) is 137 cm³/mol. The molecule has 1 fully saturated rings. The lowest BCUT2D eigenvalue weighted by Gasteiger charge is -2.35. The molecule has 13 heteroatoms. The lowest BCUT2D eigenvalue weighted by atomic mass is 9.88. The van der Waals surface area contributed by atoms with E-state index in [-0.39, 0.29) is 17.1 Å². The normalized spacial score (nSPS) is 14.5. The van der Waals surface area contributed by atoms with E-state index < -0.39 is 42.4 Å². The molecule has 4 N–H and O–H groups in total. The number of halogens is 3. The first-order valence-corrected chi connectivity index (χ1v) is 11.7. The molecule has 200 valence electrons. The highest BCUT2D eigenvalue weighted by Gasteiger charge is 2.46. The van der Waals surface area contributed by atoms with Gasteiger partial charge in [0.25, 0.3) is 17.7 Å². The van der Waals surface area contributed by atoms with Gasteiger partial charge in [-0.2, -0.15) is 0 Å². The third kappa shape index (κ3) is 4.98. The number of carbonyl (C=O) groups is 2. The molecule has 2 amide bonds. The fourth-order valence-electron chi connectivity index (χ4n) is 4.37. The summed E-state index contributed by atoms with van der Waals surface area (Å²) >= 11 is 0. The summed E-state index contributed by atoms with van der Waals surface area (Å²) in [5.74, 6) is -5.01. The largest absolute Gasteiger partial charge is 0.496 e. The van der Waals surface area contributed by atoms with Crippen molar-refractivity contribution in [3.63, 3.8) is 0 Å². The Morgan fingerprint density at radius 3 is 2.49 bits per heavy atom. The molecule has 0 unspecified atom stereocenters. The van der Waals surface area contributed by atoms with Crippen LogP contribution in [0, 0.1) is 0 Å². The van der Waals surface area contributed by atoms with Crippen LogP contribution in [0.2, 0.25) is 0 Å². The molecule has 2 aromatic heterocycles. The van der Waals surface area contributed by atoms with Crippen LogP contribution in [0.4, 0.5) is 24.7 Å². The number of amides is 2. The third-order valence-electron chi connectivity index (χ3n) is 6.29. The van der Waals surface area contributed by atoms with Gasteiger partial charge in [-0.15, -0.1) is 14.8 Å². The Hall–Kier alpha value is -4.94. The average molecular weight is 538 g/mol. The number of aromatic nitrogens is 4.